The smallest absolute Gasteiger partial charge is 0.248 e. The Kier molecular flexibility index (Phi) is 5.65. The van der Waals surface area contributed by atoms with Crippen molar-refractivity contribution in [1.82, 2.24) is 5.32 Å². The van der Waals surface area contributed by atoms with Crippen molar-refractivity contribution < 1.29 is 9.59 Å². The van der Waals surface area contributed by atoms with Gasteiger partial charge in [0.05, 0.1) is 5.92 Å². The minimum Gasteiger partial charge on any atom is -0.366 e. The normalized spacial score (nSPS) is 28.2. The first-order valence-electron chi connectivity index (χ1n) is 7.98. The van der Waals surface area contributed by atoms with Crippen molar-refractivity contribution in [2.75, 3.05) is 6.54 Å². The molecule has 0 saturated heterocycles. The minimum absolute atomic E-state index is 0. The number of carbonyl (C=O) groups is 2. The Morgan fingerprint density at radius 2 is 1.96 bits per heavy atom. The summed E-state index contributed by atoms with van der Waals surface area (Å²) in [5, 5.41) is 3.00. The van der Waals surface area contributed by atoms with E-state index in [-0.39, 0.29) is 30.3 Å². The Morgan fingerprint density at radius 3 is 2.61 bits per heavy atom. The molecule has 5 nitrogen and oxygen atoms in total. The summed E-state index contributed by atoms with van der Waals surface area (Å²) in [5.41, 5.74) is 13.0. The molecule has 2 amide bonds. The lowest BCUT2D eigenvalue weighted by Gasteiger charge is -2.27. The summed E-state index contributed by atoms with van der Waals surface area (Å²) in [6.45, 7) is 0.557. The molecular weight excluding hydrogens is 314 g/mol. The molecule has 2 aliphatic carbocycles. The molecule has 0 aromatic heterocycles. The monoisotopic (exact) mass is 337 g/mol. The van der Waals surface area contributed by atoms with E-state index in [1.165, 1.54) is 6.42 Å². The van der Waals surface area contributed by atoms with Crippen molar-refractivity contribution in [2.24, 2.45) is 29.2 Å². The number of halogens is 1. The summed E-state index contributed by atoms with van der Waals surface area (Å²) in [6, 6.07) is 7.23. The predicted octanol–water partition coefficient (Wildman–Crippen LogP) is 1.24. The number of carbonyl (C=O) groups excluding carboxylic acids is 2. The molecule has 0 aliphatic heterocycles. The van der Waals surface area contributed by atoms with E-state index in [1.807, 2.05) is 12.1 Å². The van der Waals surface area contributed by atoms with Gasteiger partial charge in [0.1, 0.15) is 0 Å². The van der Waals surface area contributed by atoms with E-state index in [9.17, 15) is 9.59 Å². The van der Waals surface area contributed by atoms with Crippen LogP contribution in [0.4, 0.5) is 0 Å². The first-order valence-corrected chi connectivity index (χ1v) is 7.98. The zero-order valence-electron chi connectivity index (χ0n) is 13.0. The SMILES string of the molecule is Cl.NC(=O)c1cccc(CCNC(=O)C2C3CCC(C3)C2N)c1. The number of fused-ring (bicyclic) bond motifs is 2. The highest BCUT2D eigenvalue weighted by molar-refractivity contribution is 5.92. The quantitative estimate of drug-likeness (QED) is 0.753. The van der Waals surface area contributed by atoms with Gasteiger partial charge < -0.3 is 16.8 Å². The van der Waals surface area contributed by atoms with Gasteiger partial charge in [0.15, 0.2) is 0 Å². The summed E-state index contributed by atoms with van der Waals surface area (Å²) in [7, 11) is 0. The molecule has 2 fully saturated rings. The number of amides is 2. The first-order chi connectivity index (χ1) is 10.6. The summed E-state index contributed by atoms with van der Waals surface area (Å²) >= 11 is 0. The number of rotatable bonds is 5. The third-order valence-corrected chi connectivity index (χ3v) is 5.21. The van der Waals surface area contributed by atoms with Gasteiger partial charge in [0.25, 0.3) is 0 Å². The zero-order valence-corrected chi connectivity index (χ0v) is 13.9. The second kappa shape index (κ2) is 7.32. The summed E-state index contributed by atoms with van der Waals surface area (Å²) in [6.07, 6.45) is 4.11. The first kappa shape index (κ1) is 17.8. The highest BCUT2D eigenvalue weighted by Crippen LogP contribution is 2.47. The number of benzene rings is 1. The van der Waals surface area contributed by atoms with Crippen LogP contribution < -0.4 is 16.8 Å². The van der Waals surface area contributed by atoms with E-state index in [2.05, 4.69) is 5.32 Å². The van der Waals surface area contributed by atoms with Crippen LogP contribution in [0.3, 0.4) is 0 Å². The molecule has 5 N–H and O–H groups in total. The fourth-order valence-electron chi connectivity index (χ4n) is 4.05. The van der Waals surface area contributed by atoms with E-state index < -0.39 is 5.91 Å². The molecule has 126 valence electrons. The van der Waals surface area contributed by atoms with E-state index in [4.69, 9.17) is 11.5 Å². The molecule has 2 saturated carbocycles. The van der Waals surface area contributed by atoms with E-state index in [0.29, 0.717) is 30.4 Å². The lowest BCUT2D eigenvalue weighted by atomic mass is 9.84. The average Bonchev–Trinajstić information content (AvgIpc) is 3.08. The van der Waals surface area contributed by atoms with Crippen LogP contribution >= 0.6 is 12.4 Å². The van der Waals surface area contributed by atoms with Gasteiger partial charge in [-0.3, -0.25) is 9.59 Å². The molecule has 6 heteroatoms. The molecule has 2 aliphatic rings. The molecule has 2 bridgehead atoms. The van der Waals surface area contributed by atoms with Crippen molar-refractivity contribution in [3.8, 4) is 0 Å². The fraction of sp³-hybridized carbons (Fsp3) is 0.529. The van der Waals surface area contributed by atoms with Gasteiger partial charge in [-0.2, -0.15) is 0 Å². The summed E-state index contributed by atoms with van der Waals surface area (Å²) in [5.74, 6) is 0.645. The summed E-state index contributed by atoms with van der Waals surface area (Å²) in [4.78, 5) is 23.5. The van der Waals surface area contributed by atoms with Crippen LogP contribution in [0, 0.1) is 17.8 Å². The van der Waals surface area contributed by atoms with Gasteiger partial charge in [0, 0.05) is 18.2 Å². The Hall–Kier alpha value is -1.59. The van der Waals surface area contributed by atoms with Crippen LogP contribution in [0.1, 0.15) is 35.2 Å². The van der Waals surface area contributed by atoms with Gasteiger partial charge in [0.2, 0.25) is 11.8 Å². The fourth-order valence-corrected chi connectivity index (χ4v) is 4.05. The molecule has 0 radical (unpaired) electrons. The van der Waals surface area contributed by atoms with E-state index in [0.717, 1.165) is 18.4 Å². The van der Waals surface area contributed by atoms with Crippen molar-refractivity contribution in [2.45, 2.75) is 31.7 Å². The Bertz CT molecular complexity index is 591. The van der Waals surface area contributed by atoms with Crippen LogP contribution in [-0.2, 0) is 11.2 Å². The Balaban J connectivity index is 0.00000192. The lowest BCUT2D eigenvalue weighted by Crippen LogP contribution is -2.45. The standard InChI is InChI=1S/C17H23N3O2.ClH/c18-15-12-5-4-11(9-12)14(15)17(22)20-7-6-10-2-1-3-13(8-10)16(19)21;/h1-3,8,11-12,14-15H,4-7,9,18H2,(H2,19,21)(H,20,22);1H. The number of nitrogens with two attached hydrogens (primary N) is 2. The van der Waals surface area contributed by atoms with Crippen LogP contribution in [0.25, 0.3) is 0 Å². The molecule has 1 aromatic carbocycles. The van der Waals surface area contributed by atoms with Gasteiger partial charge in [-0.25, -0.2) is 0 Å². The largest absolute Gasteiger partial charge is 0.366 e. The molecule has 1 aromatic rings. The van der Waals surface area contributed by atoms with Crippen molar-refractivity contribution >= 4 is 24.2 Å². The summed E-state index contributed by atoms with van der Waals surface area (Å²) < 4.78 is 0. The molecule has 3 rings (SSSR count). The number of primary amides is 1. The highest BCUT2D eigenvalue weighted by atomic mass is 35.5. The average molecular weight is 338 g/mol. The van der Waals surface area contributed by atoms with Gasteiger partial charge >= 0.3 is 0 Å². The topological polar surface area (TPSA) is 98.2 Å². The Labute approximate surface area is 142 Å². The van der Waals surface area contributed by atoms with Crippen molar-refractivity contribution in [3.63, 3.8) is 0 Å². The molecule has 4 atom stereocenters. The second-order valence-electron chi connectivity index (χ2n) is 6.54. The maximum Gasteiger partial charge on any atom is 0.248 e. The molecule has 4 unspecified atom stereocenters. The van der Waals surface area contributed by atoms with Gasteiger partial charge in [-0.1, -0.05) is 12.1 Å². The van der Waals surface area contributed by atoms with Crippen LogP contribution in [-0.4, -0.2) is 24.4 Å². The van der Waals surface area contributed by atoms with Gasteiger partial charge in [-0.05, 0) is 55.2 Å². The highest BCUT2D eigenvalue weighted by Gasteiger charge is 2.48. The number of hydrogen-bond acceptors (Lipinski definition) is 3. The van der Waals surface area contributed by atoms with Crippen LogP contribution in [0.5, 0.6) is 0 Å². The minimum atomic E-state index is -0.432. The van der Waals surface area contributed by atoms with E-state index >= 15 is 0 Å². The zero-order chi connectivity index (χ0) is 15.7. The second-order valence-corrected chi connectivity index (χ2v) is 6.54. The van der Waals surface area contributed by atoms with Crippen molar-refractivity contribution in [1.29, 1.82) is 0 Å². The van der Waals surface area contributed by atoms with E-state index in [1.54, 1.807) is 12.1 Å². The van der Waals surface area contributed by atoms with Crippen LogP contribution in [0.15, 0.2) is 24.3 Å². The van der Waals surface area contributed by atoms with Crippen molar-refractivity contribution in [3.05, 3.63) is 35.4 Å². The van der Waals surface area contributed by atoms with Crippen LogP contribution in [0.2, 0.25) is 0 Å². The van der Waals surface area contributed by atoms with Gasteiger partial charge in [-0.15, -0.1) is 12.4 Å². The predicted molar refractivity (Wildman–Crippen MR) is 91.2 cm³/mol. The Morgan fingerprint density at radius 1 is 1.22 bits per heavy atom. The third kappa shape index (κ3) is 3.67. The molecule has 0 spiro atoms. The molecule has 0 heterocycles. The maximum atomic E-state index is 12.3. The number of hydrogen-bond donors (Lipinski definition) is 3. The molecule has 23 heavy (non-hydrogen) atoms. The number of nitrogens with one attached hydrogen (secondary N) is 1. The lowest BCUT2D eigenvalue weighted by molar-refractivity contribution is -0.127. The maximum absolute atomic E-state index is 12.3. The third-order valence-electron chi connectivity index (χ3n) is 5.21. The molecular formula is C17H24ClN3O2.